The number of hydrogen-bond donors (Lipinski definition) is 4. The molecule has 3 aromatic rings. The fourth-order valence-electron chi connectivity index (χ4n) is 3.50. The normalized spacial score (nSPS) is 17.6. The molecular formula is C21H24N5O6PS2. The van der Waals surface area contributed by atoms with Gasteiger partial charge in [0.2, 0.25) is 10.0 Å². The molecule has 35 heavy (non-hydrogen) atoms. The molecule has 14 heteroatoms. The molecule has 11 nitrogen and oxygen atoms in total. The van der Waals surface area contributed by atoms with Crippen molar-refractivity contribution in [2.45, 2.75) is 26.8 Å². The van der Waals surface area contributed by atoms with E-state index in [1.54, 1.807) is 17.5 Å². The Kier molecular flexibility index (Phi) is 6.62. The number of aryl methyl sites for hydroxylation is 1. The highest BCUT2D eigenvalue weighted by Gasteiger charge is 2.34. The molecule has 186 valence electrons. The van der Waals surface area contributed by atoms with E-state index >= 15 is 0 Å². The van der Waals surface area contributed by atoms with Gasteiger partial charge in [0.15, 0.2) is 11.6 Å². The predicted molar refractivity (Wildman–Crippen MR) is 137 cm³/mol. The number of aromatic hydroxyl groups is 1. The molecular weight excluding hydrogens is 513 g/mol. The standard InChI is InChI=1S/C21H24N5O6PS2/c1-12(2)8-9-26-21(28)17(19(27)18(23-26)16-5-4-10-34-16)20-22-14-7-6-13(25-35(3,31)32)11-15(14)33(29,30)24-20/h4-7,10-12,25,27H,8-9H2,1-3H3,(H2,22,24,29,30). The summed E-state index contributed by atoms with van der Waals surface area (Å²) >= 11 is 1.32. The summed E-state index contributed by atoms with van der Waals surface area (Å²) in [6, 6.07) is 7.53. The summed E-state index contributed by atoms with van der Waals surface area (Å²) in [4.78, 5) is 24.7. The Morgan fingerprint density at radius 1 is 1.29 bits per heavy atom. The lowest BCUT2D eigenvalue weighted by Gasteiger charge is -2.23. The van der Waals surface area contributed by atoms with E-state index in [2.05, 4.69) is 19.9 Å². The number of fused-ring (bicyclic) bond motifs is 1. The summed E-state index contributed by atoms with van der Waals surface area (Å²) in [6.07, 6.45) is 1.61. The van der Waals surface area contributed by atoms with Crippen LogP contribution in [0, 0.1) is 5.92 Å². The number of benzene rings is 1. The van der Waals surface area contributed by atoms with E-state index in [4.69, 9.17) is 0 Å². The second-order valence-electron chi connectivity index (χ2n) is 8.48. The van der Waals surface area contributed by atoms with Crippen LogP contribution >= 0.6 is 18.9 Å². The van der Waals surface area contributed by atoms with Crippen molar-refractivity contribution in [1.82, 2.24) is 9.78 Å². The number of aromatic nitrogens is 2. The van der Waals surface area contributed by atoms with Gasteiger partial charge in [0.1, 0.15) is 11.3 Å². The molecule has 2 aromatic heterocycles. The van der Waals surface area contributed by atoms with Gasteiger partial charge in [-0.2, -0.15) is 9.86 Å². The van der Waals surface area contributed by atoms with Gasteiger partial charge in [-0.25, -0.2) is 13.1 Å². The van der Waals surface area contributed by atoms with Crippen molar-refractivity contribution in [3.63, 3.8) is 0 Å². The first-order chi connectivity index (χ1) is 16.4. The van der Waals surface area contributed by atoms with Gasteiger partial charge >= 0.3 is 7.52 Å². The van der Waals surface area contributed by atoms with Crippen LogP contribution in [0.2, 0.25) is 0 Å². The number of amidine groups is 1. The Morgan fingerprint density at radius 2 is 2.03 bits per heavy atom. The fourth-order valence-corrected chi connectivity index (χ4v) is 6.04. The van der Waals surface area contributed by atoms with E-state index in [1.807, 2.05) is 13.8 Å². The van der Waals surface area contributed by atoms with Gasteiger partial charge in [0.25, 0.3) is 5.56 Å². The first kappa shape index (κ1) is 25.1. The van der Waals surface area contributed by atoms with Gasteiger partial charge in [0, 0.05) is 12.2 Å². The summed E-state index contributed by atoms with van der Waals surface area (Å²) in [5.74, 6) is -0.438. The molecule has 4 N–H and O–H groups in total. The van der Waals surface area contributed by atoms with Gasteiger partial charge in [-0.1, -0.05) is 19.9 Å². The molecule has 0 saturated carbocycles. The molecule has 1 atom stereocenters. The van der Waals surface area contributed by atoms with Gasteiger partial charge in [-0.3, -0.25) is 14.1 Å². The Labute approximate surface area is 205 Å². The van der Waals surface area contributed by atoms with Crippen molar-refractivity contribution in [2.75, 3.05) is 16.3 Å². The third-order valence-corrected chi connectivity index (χ3v) is 8.09. The van der Waals surface area contributed by atoms with E-state index in [-0.39, 0.29) is 46.2 Å². The van der Waals surface area contributed by atoms with Crippen LogP contribution in [0.15, 0.2) is 45.3 Å². The summed E-state index contributed by atoms with van der Waals surface area (Å²) < 4.78 is 43.6. The summed E-state index contributed by atoms with van der Waals surface area (Å²) in [6.45, 7) is 4.29. The lowest BCUT2D eigenvalue weighted by atomic mass is 10.1. The molecule has 0 radical (unpaired) electrons. The molecule has 0 aliphatic carbocycles. The van der Waals surface area contributed by atoms with E-state index in [9.17, 15) is 27.8 Å². The van der Waals surface area contributed by atoms with Gasteiger partial charge in [-0.15, -0.1) is 11.3 Å². The van der Waals surface area contributed by atoms with Crippen LogP contribution in [-0.4, -0.2) is 40.3 Å². The highest BCUT2D eigenvalue weighted by molar-refractivity contribution is 7.92. The molecule has 0 bridgehead atoms. The van der Waals surface area contributed by atoms with Crippen molar-refractivity contribution >= 4 is 51.4 Å². The number of nitrogens with zero attached hydrogens (tertiary/aromatic N) is 3. The first-order valence-electron chi connectivity index (χ1n) is 10.6. The Balaban J connectivity index is 1.86. The lowest BCUT2D eigenvalue weighted by molar-refractivity contribution is 0.444. The molecule has 0 saturated heterocycles. The third-order valence-electron chi connectivity index (χ3n) is 5.14. The zero-order valence-corrected chi connectivity index (χ0v) is 21.6. The molecule has 1 unspecified atom stereocenters. The Bertz CT molecular complexity index is 1530. The molecule has 1 aliphatic heterocycles. The maximum absolute atomic E-state index is 13.3. The minimum absolute atomic E-state index is 0.0868. The number of nitrogens with one attached hydrogen (secondary N) is 2. The van der Waals surface area contributed by atoms with Crippen LogP contribution in [0.3, 0.4) is 0 Å². The van der Waals surface area contributed by atoms with Crippen molar-refractivity contribution in [1.29, 1.82) is 0 Å². The van der Waals surface area contributed by atoms with Crippen molar-refractivity contribution in [2.24, 2.45) is 10.7 Å². The Morgan fingerprint density at radius 3 is 2.66 bits per heavy atom. The van der Waals surface area contributed by atoms with Crippen LogP contribution in [-0.2, 0) is 21.1 Å². The molecule has 0 spiro atoms. The second kappa shape index (κ2) is 9.23. The van der Waals surface area contributed by atoms with E-state index in [0.717, 1.165) is 6.26 Å². The van der Waals surface area contributed by atoms with Crippen LogP contribution in [0.4, 0.5) is 11.4 Å². The van der Waals surface area contributed by atoms with Gasteiger partial charge < -0.3 is 15.3 Å². The summed E-state index contributed by atoms with van der Waals surface area (Å²) in [7, 11) is -8.05. The fraction of sp³-hybridized carbons (Fsp3) is 0.286. The molecule has 1 aromatic carbocycles. The SMILES string of the molecule is CC(C)CCn1nc(-c2cccs2)c(O)c(C2=NP(=O)(O)c3cc(NS(C)(=O)=O)ccc3N2)c1=O. The largest absolute Gasteiger partial charge is 0.505 e. The second-order valence-corrected chi connectivity index (χ2v) is 13.0. The summed E-state index contributed by atoms with van der Waals surface area (Å²) in [5, 5.41) is 19.9. The summed E-state index contributed by atoms with van der Waals surface area (Å²) in [5.41, 5.74) is -0.529. The van der Waals surface area contributed by atoms with E-state index in [0.29, 0.717) is 11.3 Å². The zero-order valence-electron chi connectivity index (χ0n) is 19.1. The number of thiophene rings is 1. The van der Waals surface area contributed by atoms with Crippen LogP contribution in [0.1, 0.15) is 25.8 Å². The average Bonchev–Trinajstić information content (AvgIpc) is 3.27. The van der Waals surface area contributed by atoms with Crippen LogP contribution in [0.5, 0.6) is 5.75 Å². The predicted octanol–water partition coefficient (Wildman–Crippen LogP) is 2.78. The number of rotatable bonds is 7. The highest BCUT2D eigenvalue weighted by Crippen LogP contribution is 2.47. The number of anilines is 2. The lowest BCUT2D eigenvalue weighted by Crippen LogP contribution is -2.34. The third kappa shape index (κ3) is 5.32. The van der Waals surface area contributed by atoms with E-state index < -0.39 is 28.9 Å². The molecule has 0 fully saturated rings. The first-order valence-corrected chi connectivity index (χ1v) is 14.9. The average molecular weight is 538 g/mol. The van der Waals surface area contributed by atoms with Crippen molar-refractivity contribution < 1.29 is 23.0 Å². The zero-order chi connectivity index (χ0) is 25.5. The smallest absolute Gasteiger partial charge is 0.346 e. The van der Waals surface area contributed by atoms with Crippen molar-refractivity contribution in [3.05, 3.63) is 51.6 Å². The quantitative estimate of drug-likeness (QED) is 0.334. The minimum Gasteiger partial charge on any atom is -0.505 e. The number of hydrogen-bond acceptors (Lipinski definition) is 8. The van der Waals surface area contributed by atoms with Crippen LogP contribution in [0.25, 0.3) is 10.6 Å². The molecule has 3 heterocycles. The van der Waals surface area contributed by atoms with Crippen LogP contribution < -0.4 is 20.9 Å². The maximum atomic E-state index is 13.3. The minimum atomic E-state index is -4.44. The molecule has 4 rings (SSSR count). The van der Waals surface area contributed by atoms with E-state index in [1.165, 1.54) is 34.2 Å². The van der Waals surface area contributed by atoms with Crippen molar-refractivity contribution in [3.8, 4) is 16.3 Å². The highest BCUT2D eigenvalue weighted by atomic mass is 32.2. The van der Waals surface area contributed by atoms with Gasteiger partial charge in [-0.05, 0) is 42.0 Å². The number of sulfonamides is 1. The Hall–Kier alpha value is -2.99. The molecule has 1 aliphatic rings. The maximum Gasteiger partial charge on any atom is 0.346 e. The topological polar surface area (TPSA) is 163 Å². The van der Waals surface area contributed by atoms with Gasteiger partial charge in [0.05, 0.1) is 22.1 Å². The molecule has 0 amide bonds. The monoisotopic (exact) mass is 537 g/mol.